The van der Waals surface area contributed by atoms with Gasteiger partial charge in [0.2, 0.25) is 0 Å². The number of imidazole rings is 1. The van der Waals surface area contributed by atoms with Crippen LogP contribution in [0.4, 0.5) is 0 Å². The molecule has 3 aromatic rings. The van der Waals surface area contributed by atoms with Gasteiger partial charge in [0, 0.05) is 12.4 Å². The van der Waals surface area contributed by atoms with E-state index in [4.69, 9.17) is 12.2 Å². The summed E-state index contributed by atoms with van der Waals surface area (Å²) in [7, 11) is 0. The second-order valence-electron chi connectivity index (χ2n) is 4.04. The molecule has 0 fully saturated rings. The number of fused-ring (bicyclic) bond motifs is 1. The van der Waals surface area contributed by atoms with Gasteiger partial charge in [0.1, 0.15) is 6.33 Å². The number of nitrogens with zero attached hydrogens (tertiary/aromatic N) is 4. The van der Waals surface area contributed by atoms with E-state index in [1.54, 1.807) is 12.4 Å². The van der Waals surface area contributed by atoms with E-state index in [0.29, 0.717) is 11.3 Å². The summed E-state index contributed by atoms with van der Waals surface area (Å²) in [6.07, 6.45) is 5.04. The highest BCUT2D eigenvalue weighted by Crippen LogP contribution is 2.16. The van der Waals surface area contributed by atoms with Crippen molar-refractivity contribution >= 4 is 23.4 Å². The van der Waals surface area contributed by atoms with Crippen molar-refractivity contribution in [3.63, 3.8) is 0 Å². The smallest absolute Gasteiger partial charge is 0.179 e. The number of aryl methyl sites for hydroxylation is 1. The summed E-state index contributed by atoms with van der Waals surface area (Å²) in [6.45, 7) is 2.63. The molecule has 18 heavy (non-hydrogen) atoms. The molecule has 3 heterocycles. The van der Waals surface area contributed by atoms with Crippen LogP contribution < -0.4 is 0 Å². The first kappa shape index (κ1) is 11.0. The van der Waals surface area contributed by atoms with E-state index in [0.717, 1.165) is 22.4 Å². The van der Waals surface area contributed by atoms with Crippen LogP contribution in [0.5, 0.6) is 0 Å². The molecule has 0 aromatic carbocycles. The van der Waals surface area contributed by atoms with Gasteiger partial charge in [-0.25, -0.2) is 15.0 Å². The molecular formula is C12H11N5S. The molecule has 0 unspecified atom stereocenters. The highest BCUT2D eigenvalue weighted by Gasteiger charge is 2.08. The Balaban J connectivity index is 2.15. The van der Waals surface area contributed by atoms with E-state index in [1.807, 2.05) is 23.6 Å². The molecule has 0 spiro atoms. The van der Waals surface area contributed by atoms with Crippen LogP contribution in [-0.2, 0) is 6.54 Å². The van der Waals surface area contributed by atoms with Gasteiger partial charge < -0.3 is 4.98 Å². The Morgan fingerprint density at radius 3 is 2.94 bits per heavy atom. The summed E-state index contributed by atoms with van der Waals surface area (Å²) in [5.41, 5.74) is 3.88. The first-order valence-corrected chi connectivity index (χ1v) is 5.95. The van der Waals surface area contributed by atoms with Crippen LogP contribution in [0.3, 0.4) is 0 Å². The highest BCUT2D eigenvalue weighted by molar-refractivity contribution is 7.71. The Bertz CT molecular complexity index is 744. The van der Waals surface area contributed by atoms with Crippen LogP contribution in [-0.4, -0.2) is 24.5 Å². The molecule has 0 saturated heterocycles. The molecule has 3 aromatic heterocycles. The van der Waals surface area contributed by atoms with Gasteiger partial charge in [-0.05, 0) is 36.8 Å². The number of aromatic nitrogens is 5. The number of hydrogen-bond donors (Lipinski definition) is 1. The fourth-order valence-electron chi connectivity index (χ4n) is 1.89. The third-order valence-electron chi connectivity index (χ3n) is 2.84. The van der Waals surface area contributed by atoms with Gasteiger partial charge in [0.05, 0.1) is 17.8 Å². The Labute approximate surface area is 109 Å². The second kappa shape index (κ2) is 4.30. The van der Waals surface area contributed by atoms with Crippen molar-refractivity contribution < 1.29 is 0 Å². The molecule has 0 amide bonds. The SMILES string of the molecule is Cc1ccnc2c1[nH]c(=S)n2Cc1ccncn1. The minimum absolute atomic E-state index is 0.595. The number of pyridine rings is 1. The van der Waals surface area contributed by atoms with Gasteiger partial charge in [-0.1, -0.05) is 0 Å². The van der Waals surface area contributed by atoms with Crippen LogP contribution in [0.1, 0.15) is 11.3 Å². The minimum atomic E-state index is 0.595. The lowest BCUT2D eigenvalue weighted by molar-refractivity contribution is 0.772. The standard InChI is InChI=1S/C12H11N5S/c1-8-2-5-14-11-10(8)16-12(18)17(11)6-9-3-4-13-7-15-9/h2-5,7H,6H2,1H3,(H,16,18). The maximum atomic E-state index is 5.34. The minimum Gasteiger partial charge on any atom is -0.329 e. The lowest BCUT2D eigenvalue weighted by Gasteiger charge is -2.03. The van der Waals surface area contributed by atoms with Gasteiger partial charge >= 0.3 is 0 Å². The predicted molar refractivity (Wildman–Crippen MR) is 70.8 cm³/mol. The van der Waals surface area contributed by atoms with Gasteiger partial charge in [-0.3, -0.25) is 4.57 Å². The molecule has 90 valence electrons. The predicted octanol–water partition coefficient (Wildman–Crippen LogP) is 2.24. The summed E-state index contributed by atoms with van der Waals surface area (Å²) >= 11 is 5.34. The first-order valence-electron chi connectivity index (χ1n) is 5.55. The van der Waals surface area contributed by atoms with E-state index < -0.39 is 0 Å². The summed E-state index contributed by atoms with van der Waals surface area (Å²) in [4.78, 5) is 15.7. The zero-order valence-electron chi connectivity index (χ0n) is 9.79. The number of H-pyrrole nitrogens is 1. The molecule has 6 heteroatoms. The van der Waals surface area contributed by atoms with E-state index in [1.165, 1.54) is 6.33 Å². The number of nitrogens with one attached hydrogen (secondary N) is 1. The lowest BCUT2D eigenvalue weighted by atomic mass is 10.3. The molecule has 1 N–H and O–H groups in total. The van der Waals surface area contributed by atoms with Crippen LogP contribution in [0, 0.1) is 11.7 Å². The van der Waals surface area contributed by atoms with Gasteiger partial charge in [-0.15, -0.1) is 0 Å². The Morgan fingerprint density at radius 1 is 1.28 bits per heavy atom. The normalized spacial score (nSPS) is 10.9. The molecule has 0 radical (unpaired) electrons. The maximum Gasteiger partial charge on any atom is 0.179 e. The van der Waals surface area contributed by atoms with E-state index in [-0.39, 0.29) is 0 Å². The average Bonchev–Trinajstić information content (AvgIpc) is 2.70. The maximum absolute atomic E-state index is 5.34. The quantitative estimate of drug-likeness (QED) is 0.715. The van der Waals surface area contributed by atoms with Crippen molar-refractivity contribution in [1.29, 1.82) is 0 Å². The molecule has 0 aliphatic carbocycles. The Morgan fingerprint density at radius 2 is 2.17 bits per heavy atom. The number of aromatic amines is 1. The van der Waals surface area contributed by atoms with Crippen LogP contribution in [0.2, 0.25) is 0 Å². The third kappa shape index (κ3) is 1.80. The van der Waals surface area contributed by atoms with Crippen molar-refractivity contribution in [1.82, 2.24) is 24.5 Å². The monoisotopic (exact) mass is 257 g/mol. The fourth-order valence-corrected chi connectivity index (χ4v) is 2.15. The van der Waals surface area contributed by atoms with Crippen LogP contribution in [0.25, 0.3) is 11.2 Å². The summed E-state index contributed by atoms with van der Waals surface area (Å²) < 4.78 is 2.60. The van der Waals surface area contributed by atoms with Gasteiger partial charge in [0.15, 0.2) is 10.4 Å². The zero-order chi connectivity index (χ0) is 12.5. The summed E-state index contributed by atoms with van der Waals surface area (Å²) in [5.74, 6) is 0. The second-order valence-corrected chi connectivity index (χ2v) is 4.43. The number of rotatable bonds is 2. The largest absolute Gasteiger partial charge is 0.329 e. The highest BCUT2D eigenvalue weighted by atomic mass is 32.1. The topological polar surface area (TPSA) is 59.4 Å². The van der Waals surface area contributed by atoms with Crippen molar-refractivity contribution in [3.8, 4) is 0 Å². The van der Waals surface area contributed by atoms with Crippen molar-refractivity contribution in [3.05, 3.63) is 46.9 Å². The van der Waals surface area contributed by atoms with Crippen molar-refractivity contribution in [2.75, 3.05) is 0 Å². The van der Waals surface area contributed by atoms with Crippen molar-refractivity contribution in [2.24, 2.45) is 0 Å². The van der Waals surface area contributed by atoms with Gasteiger partial charge in [-0.2, -0.15) is 0 Å². The van der Waals surface area contributed by atoms with Gasteiger partial charge in [0.25, 0.3) is 0 Å². The molecule has 0 atom stereocenters. The average molecular weight is 257 g/mol. The first-order chi connectivity index (χ1) is 8.75. The lowest BCUT2D eigenvalue weighted by Crippen LogP contribution is -2.02. The Kier molecular flexibility index (Phi) is 2.64. The molecule has 0 bridgehead atoms. The van der Waals surface area contributed by atoms with E-state index >= 15 is 0 Å². The van der Waals surface area contributed by atoms with E-state index in [2.05, 4.69) is 19.9 Å². The molecule has 0 saturated carbocycles. The molecule has 0 aliphatic rings. The zero-order valence-corrected chi connectivity index (χ0v) is 10.6. The number of hydrogen-bond acceptors (Lipinski definition) is 4. The molecule has 0 aliphatic heterocycles. The fraction of sp³-hybridized carbons (Fsp3) is 0.167. The van der Waals surface area contributed by atoms with E-state index in [9.17, 15) is 0 Å². The Hall–Kier alpha value is -2.08. The third-order valence-corrected chi connectivity index (χ3v) is 3.16. The summed E-state index contributed by atoms with van der Waals surface area (Å²) in [5, 5.41) is 0. The molecule has 3 rings (SSSR count). The van der Waals surface area contributed by atoms with Crippen LogP contribution in [0.15, 0.2) is 30.9 Å². The van der Waals surface area contributed by atoms with Crippen molar-refractivity contribution in [2.45, 2.75) is 13.5 Å². The summed E-state index contributed by atoms with van der Waals surface area (Å²) in [6, 6.07) is 3.83. The van der Waals surface area contributed by atoms with Crippen LogP contribution >= 0.6 is 12.2 Å². The molecular weight excluding hydrogens is 246 g/mol. The molecule has 5 nitrogen and oxygen atoms in total.